The molecule has 7 heteroatoms. The van der Waals surface area contributed by atoms with Crippen molar-refractivity contribution in [1.29, 1.82) is 0 Å². The molecule has 25 heavy (non-hydrogen) atoms. The maximum Gasteiger partial charge on any atom is 0.262 e. The van der Waals surface area contributed by atoms with E-state index in [4.69, 9.17) is 28.3 Å². The molecule has 0 radical (unpaired) electrons. The summed E-state index contributed by atoms with van der Waals surface area (Å²) >= 11 is 13.6. The van der Waals surface area contributed by atoms with Crippen molar-refractivity contribution in [2.75, 3.05) is 6.61 Å². The molecule has 0 atom stereocenters. The summed E-state index contributed by atoms with van der Waals surface area (Å²) in [6.45, 7) is 0.441. The number of halogens is 2. The van der Waals surface area contributed by atoms with Crippen LogP contribution in [0.2, 0.25) is 10.0 Å². The fraction of sp³-hybridized carbons (Fsp3) is 0.222. The molecule has 3 rings (SSSR count). The summed E-state index contributed by atoms with van der Waals surface area (Å²) in [4.78, 5) is 17.4. The van der Waals surface area contributed by atoms with E-state index in [2.05, 4.69) is 4.98 Å². The number of benzene rings is 2. The lowest BCUT2D eigenvalue weighted by atomic mass is 10.2. The van der Waals surface area contributed by atoms with Gasteiger partial charge in [0.15, 0.2) is 5.16 Å². The molecule has 0 amide bonds. The van der Waals surface area contributed by atoms with Crippen LogP contribution >= 0.6 is 35.0 Å². The molecule has 0 unspecified atom stereocenters. The third kappa shape index (κ3) is 4.18. The predicted octanol–water partition coefficient (Wildman–Crippen LogP) is 4.38. The Labute approximate surface area is 159 Å². The van der Waals surface area contributed by atoms with Crippen LogP contribution in [-0.4, -0.2) is 21.3 Å². The minimum absolute atomic E-state index is 0.0202. The molecule has 1 heterocycles. The van der Waals surface area contributed by atoms with E-state index in [0.29, 0.717) is 44.8 Å². The average molecular weight is 395 g/mol. The molecule has 0 bridgehead atoms. The van der Waals surface area contributed by atoms with Crippen molar-refractivity contribution < 1.29 is 5.11 Å². The van der Waals surface area contributed by atoms with Gasteiger partial charge in [0.05, 0.1) is 10.9 Å². The highest BCUT2D eigenvalue weighted by molar-refractivity contribution is 7.98. The van der Waals surface area contributed by atoms with Gasteiger partial charge in [-0.2, -0.15) is 0 Å². The molecule has 0 aliphatic heterocycles. The van der Waals surface area contributed by atoms with Gasteiger partial charge < -0.3 is 5.11 Å². The number of hydrogen-bond donors (Lipinski definition) is 1. The molecular weight excluding hydrogens is 379 g/mol. The van der Waals surface area contributed by atoms with E-state index in [1.54, 1.807) is 22.8 Å². The highest BCUT2D eigenvalue weighted by atomic mass is 35.5. The Kier molecular flexibility index (Phi) is 6.02. The molecule has 1 N–H and O–H groups in total. The molecule has 0 fully saturated rings. The quantitative estimate of drug-likeness (QED) is 0.497. The maximum absolute atomic E-state index is 12.8. The van der Waals surface area contributed by atoms with Crippen molar-refractivity contribution in [2.45, 2.75) is 23.9 Å². The van der Waals surface area contributed by atoms with E-state index in [1.807, 2.05) is 24.3 Å². The average Bonchev–Trinajstić information content (AvgIpc) is 2.60. The zero-order valence-electron chi connectivity index (χ0n) is 13.3. The lowest BCUT2D eigenvalue weighted by molar-refractivity contribution is 0.276. The zero-order chi connectivity index (χ0) is 17.8. The van der Waals surface area contributed by atoms with E-state index in [-0.39, 0.29) is 12.2 Å². The molecule has 4 nitrogen and oxygen atoms in total. The molecule has 0 saturated carbocycles. The number of aromatic nitrogens is 2. The SMILES string of the molecule is O=c1c2ccccc2nc(SCc2ccc(Cl)cc2Cl)n1CCCO. The summed E-state index contributed by atoms with van der Waals surface area (Å²) in [5.41, 5.74) is 1.49. The lowest BCUT2D eigenvalue weighted by Gasteiger charge is -2.13. The fourth-order valence-corrected chi connectivity index (χ4v) is 4.05. The summed E-state index contributed by atoms with van der Waals surface area (Å²) in [6.07, 6.45) is 0.495. The first-order valence-electron chi connectivity index (χ1n) is 7.77. The summed E-state index contributed by atoms with van der Waals surface area (Å²) < 4.78 is 1.62. The Balaban J connectivity index is 1.97. The molecular formula is C18H16Cl2N2O2S. The number of aliphatic hydroxyl groups is 1. The number of fused-ring (bicyclic) bond motifs is 1. The number of para-hydroxylation sites is 1. The van der Waals surface area contributed by atoms with Crippen LogP contribution in [0.1, 0.15) is 12.0 Å². The first kappa shape index (κ1) is 18.3. The third-order valence-corrected chi connectivity index (χ3v) is 5.35. The molecule has 3 aromatic rings. The summed E-state index contributed by atoms with van der Waals surface area (Å²) in [5.74, 6) is 0.569. The van der Waals surface area contributed by atoms with Gasteiger partial charge in [-0.1, -0.05) is 53.2 Å². The van der Waals surface area contributed by atoms with Gasteiger partial charge in [0.2, 0.25) is 0 Å². The highest BCUT2D eigenvalue weighted by Gasteiger charge is 2.12. The minimum Gasteiger partial charge on any atom is -0.396 e. The van der Waals surface area contributed by atoms with E-state index in [9.17, 15) is 4.79 Å². The van der Waals surface area contributed by atoms with E-state index in [0.717, 1.165) is 5.56 Å². The van der Waals surface area contributed by atoms with Crippen LogP contribution in [0.25, 0.3) is 10.9 Å². The number of hydrogen-bond acceptors (Lipinski definition) is 4. The van der Waals surface area contributed by atoms with Gasteiger partial charge in [0.25, 0.3) is 5.56 Å². The molecule has 1 aromatic heterocycles. The normalized spacial score (nSPS) is 11.2. The Bertz CT molecular complexity index is 959. The smallest absolute Gasteiger partial charge is 0.262 e. The van der Waals surface area contributed by atoms with Crippen molar-refractivity contribution in [3.8, 4) is 0 Å². The Morgan fingerprint density at radius 3 is 2.72 bits per heavy atom. The summed E-state index contributed by atoms with van der Waals surface area (Å²) in [6, 6.07) is 12.6. The number of aliphatic hydroxyl groups excluding tert-OH is 1. The van der Waals surface area contributed by atoms with Gasteiger partial charge in [0.1, 0.15) is 0 Å². The van der Waals surface area contributed by atoms with Gasteiger partial charge in [-0.15, -0.1) is 0 Å². The monoisotopic (exact) mass is 394 g/mol. The van der Waals surface area contributed by atoms with Crippen molar-refractivity contribution in [3.63, 3.8) is 0 Å². The largest absolute Gasteiger partial charge is 0.396 e. The summed E-state index contributed by atoms with van der Waals surface area (Å²) in [7, 11) is 0. The Morgan fingerprint density at radius 2 is 1.96 bits per heavy atom. The second-order valence-corrected chi connectivity index (χ2v) is 7.26. The van der Waals surface area contributed by atoms with Crippen molar-refractivity contribution in [1.82, 2.24) is 9.55 Å². The van der Waals surface area contributed by atoms with Gasteiger partial charge in [-0.05, 0) is 36.2 Å². The van der Waals surface area contributed by atoms with E-state index in [1.165, 1.54) is 11.8 Å². The Morgan fingerprint density at radius 1 is 1.16 bits per heavy atom. The number of rotatable bonds is 6. The lowest BCUT2D eigenvalue weighted by Crippen LogP contribution is -2.24. The molecule has 0 aliphatic rings. The number of nitrogens with zero attached hydrogens (tertiary/aromatic N) is 2. The predicted molar refractivity (Wildman–Crippen MR) is 104 cm³/mol. The second kappa shape index (κ2) is 8.23. The van der Waals surface area contributed by atoms with E-state index < -0.39 is 0 Å². The maximum atomic E-state index is 12.8. The van der Waals surface area contributed by atoms with Crippen LogP contribution in [0.5, 0.6) is 0 Å². The van der Waals surface area contributed by atoms with E-state index >= 15 is 0 Å². The van der Waals surface area contributed by atoms with Crippen LogP contribution in [0.3, 0.4) is 0 Å². The first-order chi connectivity index (χ1) is 12.1. The molecule has 0 spiro atoms. The fourth-order valence-electron chi connectivity index (χ4n) is 2.46. The van der Waals surface area contributed by atoms with Crippen molar-refractivity contribution >= 4 is 45.9 Å². The second-order valence-electron chi connectivity index (χ2n) is 5.47. The van der Waals surface area contributed by atoms with Crippen LogP contribution in [0, 0.1) is 0 Å². The van der Waals surface area contributed by atoms with Crippen LogP contribution in [-0.2, 0) is 12.3 Å². The number of thioether (sulfide) groups is 1. The molecule has 2 aromatic carbocycles. The molecule has 0 aliphatic carbocycles. The minimum atomic E-state index is -0.0937. The standard InChI is InChI=1S/C18H16Cl2N2O2S/c19-13-7-6-12(15(20)10-13)11-25-18-21-16-5-2-1-4-14(16)17(24)22(18)8-3-9-23/h1-2,4-7,10,23H,3,8-9,11H2. The van der Waals surface area contributed by atoms with Gasteiger partial charge in [-0.3, -0.25) is 9.36 Å². The van der Waals surface area contributed by atoms with Crippen LogP contribution < -0.4 is 5.56 Å². The first-order valence-corrected chi connectivity index (χ1v) is 9.51. The van der Waals surface area contributed by atoms with Crippen molar-refractivity contribution in [3.05, 3.63) is 68.4 Å². The van der Waals surface area contributed by atoms with Gasteiger partial charge in [-0.25, -0.2) is 4.98 Å². The zero-order valence-corrected chi connectivity index (χ0v) is 15.6. The van der Waals surface area contributed by atoms with Crippen molar-refractivity contribution in [2.24, 2.45) is 0 Å². The Hall–Kier alpha value is -1.53. The molecule has 130 valence electrons. The topological polar surface area (TPSA) is 55.1 Å². The van der Waals surface area contributed by atoms with Crippen LogP contribution in [0.15, 0.2) is 52.4 Å². The van der Waals surface area contributed by atoms with Crippen LogP contribution in [0.4, 0.5) is 0 Å². The molecule has 0 saturated heterocycles. The van der Waals surface area contributed by atoms with Gasteiger partial charge >= 0.3 is 0 Å². The van der Waals surface area contributed by atoms with Gasteiger partial charge in [0, 0.05) is 28.9 Å². The summed E-state index contributed by atoms with van der Waals surface area (Å²) in [5, 5.41) is 11.5. The highest BCUT2D eigenvalue weighted by Crippen LogP contribution is 2.28. The third-order valence-electron chi connectivity index (χ3n) is 3.74.